The third kappa shape index (κ3) is 2.44. The van der Waals surface area contributed by atoms with E-state index in [1.54, 1.807) is 4.90 Å². The van der Waals surface area contributed by atoms with Crippen molar-refractivity contribution < 1.29 is 13.2 Å². The first-order valence-electron chi connectivity index (χ1n) is 5.38. The molecule has 0 aromatic rings. The van der Waals surface area contributed by atoms with Crippen molar-refractivity contribution >= 4 is 5.84 Å². The molecule has 0 aromatic carbocycles. The molecule has 1 heterocycles. The van der Waals surface area contributed by atoms with E-state index in [1.165, 1.54) is 0 Å². The predicted octanol–water partition coefficient (Wildman–Crippen LogP) is 2.65. The highest BCUT2D eigenvalue weighted by molar-refractivity contribution is 5.83. The van der Waals surface area contributed by atoms with Crippen LogP contribution in [0.2, 0.25) is 0 Å². The Bertz CT molecular complexity index is 258. The van der Waals surface area contributed by atoms with Crippen LogP contribution in [0.25, 0.3) is 0 Å². The van der Waals surface area contributed by atoms with Gasteiger partial charge in [0.1, 0.15) is 0 Å². The Hall–Kier alpha value is -0.740. The molecule has 1 saturated heterocycles. The number of piperidine rings is 1. The lowest BCUT2D eigenvalue weighted by Gasteiger charge is -2.35. The number of amidine groups is 1. The number of nitrogens with one attached hydrogen (secondary N) is 1. The van der Waals surface area contributed by atoms with Gasteiger partial charge in [0, 0.05) is 19.0 Å². The SMILES string of the molecule is N=C(C1CC1)N1CCCC(C(F)(F)F)C1. The minimum Gasteiger partial charge on any atom is -0.360 e. The van der Waals surface area contributed by atoms with Gasteiger partial charge in [-0.15, -0.1) is 0 Å². The van der Waals surface area contributed by atoms with Gasteiger partial charge in [0.25, 0.3) is 0 Å². The third-order valence-electron chi connectivity index (χ3n) is 3.19. The fourth-order valence-electron chi connectivity index (χ4n) is 2.08. The van der Waals surface area contributed by atoms with E-state index in [1.807, 2.05) is 0 Å². The smallest absolute Gasteiger partial charge is 0.360 e. The molecule has 2 rings (SSSR count). The summed E-state index contributed by atoms with van der Waals surface area (Å²) in [7, 11) is 0. The molecule has 0 radical (unpaired) electrons. The van der Waals surface area contributed by atoms with Gasteiger partial charge in [-0.25, -0.2) is 0 Å². The molecular formula is C10H15F3N2. The second-order valence-electron chi connectivity index (χ2n) is 4.49. The summed E-state index contributed by atoms with van der Waals surface area (Å²) in [6, 6.07) is 0. The average molecular weight is 220 g/mol. The van der Waals surface area contributed by atoms with Gasteiger partial charge >= 0.3 is 6.18 Å². The topological polar surface area (TPSA) is 27.1 Å². The van der Waals surface area contributed by atoms with E-state index in [0.29, 0.717) is 18.8 Å². The molecule has 0 amide bonds. The van der Waals surface area contributed by atoms with E-state index in [0.717, 1.165) is 12.8 Å². The average Bonchev–Trinajstić information content (AvgIpc) is 2.99. The Morgan fingerprint density at radius 3 is 2.40 bits per heavy atom. The van der Waals surface area contributed by atoms with Crippen LogP contribution < -0.4 is 0 Å². The molecule has 1 saturated carbocycles. The lowest BCUT2D eigenvalue weighted by molar-refractivity contribution is -0.183. The van der Waals surface area contributed by atoms with E-state index < -0.39 is 12.1 Å². The minimum absolute atomic E-state index is 0.00116. The van der Waals surface area contributed by atoms with Crippen molar-refractivity contribution in [3.05, 3.63) is 0 Å². The Kier molecular flexibility index (Phi) is 2.64. The minimum atomic E-state index is -4.09. The molecule has 15 heavy (non-hydrogen) atoms. The highest BCUT2D eigenvalue weighted by Gasteiger charge is 2.43. The molecule has 2 fully saturated rings. The molecule has 1 atom stereocenters. The van der Waals surface area contributed by atoms with Gasteiger partial charge in [-0.3, -0.25) is 5.41 Å². The number of halogens is 3. The van der Waals surface area contributed by atoms with E-state index in [4.69, 9.17) is 5.41 Å². The maximum Gasteiger partial charge on any atom is 0.393 e. The molecule has 0 bridgehead atoms. The van der Waals surface area contributed by atoms with Crippen LogP contribution in [0.4, 0.5) is 13.2 Å². The van der Waals surface area contributed by atoms with Crippen molar-refractivity contribution in [3.63, 3.8) is 0 Å². The third-order valence-corrected chi connectivity index (χ3v) is 3.19. The van der Waals surface area contributed by atoms with Crippen molar-refractivity contribution in [2.24, 2.45) is 11.8 Å². The quantitative estimate of drug-likeness (QED) is 0.533. The second kappa shape index (κ2) is 3.68. The van der Waals surface area contributed by atoms with E-state index in [-0.39, 0.29) is 18.9 Å². The van der Waals surface area contributed by atoms with Crippen LogP contribution in [0.1, 0.15) is 25.7 Å². The molecule has 1 N–H and O–H groups in total. The van der Waals surface area contributed by atoms with Crippen LogP contribution in [-0.2, 0) is 0 Å². The van der Waals surface area contributed by atoms with Crippen LogP contribution in [0.3, 0.4) is 0 Å². The van der Waals surface area contributed by atoms with Gasteiger partial charge in [0.05, 0.1) is 11.8 Å². The number of hydrogen-bond donors (Lipinski definition) is 1. The second-order valence-corrected chi connectivity index (χ2v) is 4.49. The maximum absolute atomic E-state index is 12.5. The van der Waals surface area contributed by atoms with Crippen molar-refractivity contribution in [2.75, 3.05) is 13.1 Å². The molecule has 0 spiro atoms. The van der Waals surface area contributed by atoms with Gasteiger partial charge in [-0.05, 0) is 25.7 Å². The lowest BCUT2D eigenvalue weighted by atomic mass is 9.97. The molecule has 2 nitrogen and oxygen atoms in total. The lowest BCUT2D eigenvalue weighted by Crippen LogP contribution is -2.44. The fourth-order valence-corrected chi connectivity index (χ4v) is 2.08. The molecular weight excluding hydrogens is 205 g/mol. The number of alkyl halides is 3. The van der Waals surface area contributed by atoms with Crippen LogP contribution in [0, 0.1) is 17.2 Å². The summed E-state index contributed by atoms with van der Waals surface area (Å²) in [5, 5.41) is 7.75. The first-order valence-corrected chi connectivity index (χ1v) is 5.38. The summed E-state index contributed by atoms with van der Waals surface area (Å²) in [4.78, 5) is 1.62. The zero-order valence-electron chi connectivity index (χ0n) is 8.48. The van der Waals surface area contributed by atoms with E-state index in [9.17, 15) is 13.2 Å². The number of rotatable bonds is 1. The van der Waals surface area contributed by atoms with Crippen LogP contribution in [-0.4, -0.2) is 30.0 Å². The Labute approximate surface area is 87.0 Å². The Morgan fingerprint density at radius 2 is 1.87 bits per heavy atom. The number of likely N-dealkylation sites (tertiary alicyclic amines) is 1. The van der Waals surface area contributed by atoms with Gasteiger partial charge in [0.15, 0.2) is 0 Å². The first kappa shape index (κ1) is 10.8. The van der Waals surface area contributed by atoms with Crippen molar-refractivity contribution in [3.8, 4) is 0 Å². The van der Waals surface area contributed by atoms with Crippen LogP contribution >= 0.6 is 0 Å². The zero-order chi connectivity index (χ0) is 11.1. The molecule has 0 aromatic heterocycles. The fraction of sp³-hybridized carbons (Fsp3) is 0.900. The summed E-state index contributed by atoms with van der Waals surface area (Å²) >= 11 is 0. The van der Waals surface area contributed by atoms with Gasteiger partial charge in [-0.2, -0.15) is 13.2 Å². The summed E-state index contributed by atoms with van der Waals surface area (Å²) in [5.74, 6) is -0.550. The molecule has 86 valence electrons. The van der Waals surface area contributed by atoms with Gasteiger partial charge in [-0.1, -0.05) is 0 Å². The highest BCUT2D eigenvalue weighted by atomic mass is 19.4. The van der Waals surface area contributed by atoms with Crippen LogP contribution in [0.5, 0.6) is 0 Å². The monoisotopic (exact) mass is 220 g/mol. The van der Waals surface area contributed by atoms with Gasteiger partial charge in [0.2, 0.25) is 0 Å². The normalized spacial score (nSPS) is 27.9. The molecule has 1 aliphatic carbocycles. The summed E-state index contributed by atoms with van der Waals surface area (Å²) < 4.78 is 37.5. The standard InChI is InChI=1S/C10H15F3N2/c11-10(12,13)8-2-1-5-15(6-8)9(14)7-3-4-7/h7-8,14H,1-6H2. The molecule has 1 aliphatic heterocycles. The van der Waals surface area contributed by atoms with Gasteiger partial charge < -0.3 is 4.90 Å². The number of hydrogen-bond acceptors (Lipinski definition) is 1. The number of nitrogens with zero attached hydrogens (tertiary/aromatic N) is 1. The van der Waals surface area contributed by atoms with Crippen molar-refractivity contribution in [2.45, 2.75) is 31.9 Å². The summed E-state index contributed by atoms with van der Waals surface area (Å²) in [6.07, 6.45) is -1.36. The molecule has 1 unspecified atom stereocenters. The summed E-state index contributed by atoms with van der Waals surface area (Å²) in [6.45, 7) is 0.626. The van der Waals surface area contributed by atoms with E-state index >= 15 is 0 Å². The summed E-state index contributed by atoms with van der Waals surface area (Å²) in [5.41, 5.74) is 0. The zero-order valence-corrected chi connectivity index (χ0v) is 8.48. The maximum atomic E-state index is 12.5. The first-order chi connectivity index (χ1) is 6.98. The molecule has 5 heteroatoms. The van der Waals surface area contributed by atoms with Crippen molar-refractivity contribution in [1.29, 1.82) is 5.41 Å². The van der Waals surface area contributed by atoms with Crippen LogP contribution in [0.15, 0.2) is 0 Å². The molecule has 2 aliphatic rings. The van der Waals surface area contributed by atoms with Crippen molar-refractivity contribution in [1.82, 2.24) is 4.90 Å². The Morgan fingerprint density at radius 1 is 1.20 bits per heavy atom. The van der Waals surface area contributed by atoms with E-state index in [2.05, 4.69) is 0 Å². The largest absolute Gasteiger partial charge is 0.393 e. The predicted molar refractivity (Wildman–Crippen MR) is 50.8 cm³/mol. The Balaban J connectivity index is 1.94. The highest BCUT2D eigenvalue weighted by Crippen LogP contribution is 2.36.